The van der Waals surface area contributed by atoms with Gasteiger partial charge in [-0.2, -0.15) is 0 Å². The van der Waals surface area contributed by atoms with E-state index < -0.39 is 11.9 Å². The Balaban J connectivity index is 1.56. The van der Waals surface area contributed by atoms with Gasteiger partial charge in [0.15, 0.2) is 5.78 Å². The molecule has 7 heteroatoms. The number of rotatable bonds is 9. The van der Waals surface area contributed by atoms with Crippen molar-refractivity contribution in [2.24, 2.45) is 17.8 Å². The predicted octanol–water partition coefficient (Wildman–Crippen LogP) is 5.18. The molecule has 0 radical (unpaired) electrons. The number of methoxy groups -OCH3 is 1. The normalized spacial score (nSPS) is 18.3. The number of carbonyl (C=O) groups excluding carboxylic acids is 3. The van der Waals surface area contributed by atoms with Gasteiger partial charge in [-0.1, -0.05) is 31.5 Å². The van der Waals surface area contributed by atoms with Crippen LogP contribution in [0.2, 0.25) is 0 Å². The number of hydrogen-bond acceptors (Lipinski definition) is 6. The molecule has 1 aliphatic heterocycles. The van der Waals surface area contributed by atoms with E-state index >= 15 is 0 Å². The molecule has 0 saturated carbocycles. The number of piperidine rings is 1. The topological polar surface area (TPSA) is 85.8 Å². The lowest BCUT2D eigenvalue weighted by atomic mass is 9.76. The van der Waals surface area contributed by atoms with E-state index in [2.05, 4.69) is 11.9 Å². The smallest absolute Gasteiger partial charge is 0.316 e. The minimum absolute atomic E-state index is 0.0224. The summed E-state index contributed by atoms with van der Waals surface area (Å²) in [6.07, 6.45) is 3.56. The van der Waals surface area contributed by atoms with Crippen molar-refractivity contribution >= 4 is 28.6 Å². The first kappa shape index (κ1) is 26.3. The van der Waals surface area contributed by atoms with Crippen molar-refractivity contribution in [1.82, 2.24) is 9.88 Å². The summed E-state index contributed by atoms with van der Waals surface area (Å²) >= 11 is 0. The standard InChI is InChI=1S/C30H34N2O5/c1-4-20-19-32(29(34)21-9-7-6-8-10-21)16-14-22(20)17-26(30(35)37-5-2)28(33)25-13-15-31-27-18-23(36-3)11-12-24(25)27/h6-13,15,18,20,22,26H,4-5,14,16-17,19H2,1-3H3/t20-,22-,26?/m0/s1. The van der Waals surface area contributed by atoms with Crippen LogP contribution in [0.4, 0.5) is 0 Å². The molecule has 1 amide bonds. The molecule has 2 aromatic carbocycles. The summed E-state index contributed by atoms with van der Waals surface area (Å²) in [5.41, 5.74) is 1.76. The van der Waals surface area contributed by atoms with Crippen LogP contribution in [0.1, 0.15) is 53.8 Å². The van der Waals surface area contributed by atoms with Crippen molar-refractivity contribution in [1.29, 1.82) is 0 Å². The van der Waals surface area contributed by atoms with E-state index in [4.69, 9.17) is 9.47 Å². The number of amides is 1. The van der Waals surface area contributed by atoms with E-state index in [1.807, 2.05) is 35.2 Å². The fraction of sp³-hybridized carbons (Fsp3) is 0.400. The Hall–Kier alpha value is -3.74. The van der Waals surface area contributed by atoms with Crippen molar-refractivity contribution in [2.45, 2.75) is 33.1 Å². The first-order valence-electron chi connectivity index (χ1n) is 12.9. The molecule has 1 aliphatic rings. The van der Waals surface area contributed by atoms with Crippen LogP contribution in [0.5, 0.6) is 5.75 Å². The van der Waals surface area contributed by atoms with Gasteiger partial charge in [0.2, 0.25) is 0 Å². The van der Waals surface area contributed by atoms with Gasteiger partial charge in [-0.15, -0.1) is 0 Å². The number of Topliss-reactive ketones (excluding diaryl/α,β-unsaturated/α-hetero) is 1. The number of ether oxygens (including phenoxy) is 2. The van der Waals surface area contributed by atoms with Gasteiger partial charge in [-0.3, -0.25) is 19.4 Å². The fourth-order valence-corrected chi connectivity index (χ4v) is 5.31. The van der Waals surface area contributed by atoms with Crippen LogP contribution in [-0.4, -0.2) is 54.3 Å². The average Bonchev–Trinajstić information content (AvgIpc) is 2.95. The maximum Gasteiger partial charge on any atom is 0.316 e. The molecule has 194 valence electrons. The molecule has 0 bridgehead atoms. The molecule has 2 heterocycles. The molecule has 7 nitrogen and oxygen atoms in total. The highest BCUT2D eigenvalue weighted by atomic mass is 16.5. The van der Waals surface area contributed by atoms with Gasteiger partial charge < -0.3 is 14.4 Å². The molecule has 1 unspecified atom stereocenters. The Morgan fingerprint density at radius 3 is 2.54 bits per heavy atom. The molecule has 3 aromatic rings. The van der Waals surface area contributed by atoms with Crippen LogP contribution in [0.3, 0.4) is 0 Å². The molecule has 0 aliphatic carbocycles. The maximum atomic E-state index is 13.8. The number of nitrogens with zero attached hydrogens (tertiary/aromatic N) is 2. The number of carbonyl (C=O) groups is 3. The van der Waals surface area contributed by atoms with E-state index in [1.54, 1.807) is 44.5 Å². The molecule has 1 aromatic heterocycles. The monoisotopic (exact) mass is 502 g/mol. The number of ketones is 1. The van der Waals surface area contributed by atoms with Gasteiger partial charge in [0.25, 0.3) is 5.91 Å². The summed E-state index contributed by atoms with van der Waals surface area (Å²) in [4.78, 5) is 46.2. The van der Waals surface area contributed by atoms with Crippen molar-refractivity contribution in [3.05, 3.63) is 71.9 Å². The van der Waals surface area contributed by atoms with Crippen LogP contribution in [0.25, 0.3) is 10.9 Å². The van der Waals surface area contributed by atoms with Gasteiger partial charge in [0.1, 0.15) is 11.7 Å². The van der Waals surface area contributed by atoms with E-state index in [1.165, 1.54) is 0 Å². The molecule has 3 atom stereocenters. The minimum atomic E-state index is -0.914. The number of pyridine rings is 1. The summed E-state index contributed by atoms with van der Waals surface area (Å²) in [7, 11) is 1.58. The number of aromatic nitrogens is 1. The highest BCUT2D eigenvalue weighted by Gasteiger charge is 2.38. The first-order valence-corrected chi connectivity index (χ1v) is 12.9. The zero-order valence-electron chi connectivity index (χ0n) is 21.7. The van der Waals surface area contributed by atoms with Gasteiger partial charge in [0.05, 0.1) is 19.2 Å². The van der Waals surface area contributed by atoms with Crippen LogP contribution in [0, 0.1) is 17.8 Å². The lowest BCUT2D eigenvalue weighted by molar-refractivity contribution is -0.147. The lowest BCUT2D eigenvalue weighted by Crippen LogP contribution is -2.45. The third kappa shape index (κ3) is 5.82. The Labute approximate surface area is 217 Å². The Morgan fingerprint density at radius 1 is 1.05 bits per heavy atom. The minimum Gasteiger partial charge on any atom is -0.497 e. The molecule has 1 saturated heterocycles. The highest BCUT2D eigenvalue weighted by Crippen LogP contribution is 2.34. The van der Waals surface area contributed by atoms with Gasteiger partial charge in [-0.05, 0) is 61.9 Å². The number of likely N-dealkylation sites (tertiary alicyclic amines) is 1. The van der Waals surface area contributed by atoms with Crippen molar-refractivity contribution in [2.75, 3.05) is 26.8 Å². The SMILES string of the molecule is CCOC(=O)C(C[C@@H]1CCN(C(=O)c2ccccc2)C[C@@H]1CC)C(=O)c1ccnc2cc(OC)ccc12. The fourth-order valence-electron chi connectivity index (χ4n) is 5.31. The zero-order chi connectivity index (χ0) is 26.4. The zero-order valence-corrected chi connectivity index (χ0v) is 21.7. The van der Waals surface area contributed by atoms with Crippen molar-refractivity contribution < 1.29 is 23.9 Å². The second-order valence-electron chi connectivity index (χ2n) is 9.48. The van der Waals surface area contributed by atoms with E-state index in [-0.39, 0.29) is 30.1 Å². The lowest BCUT2D eigenvalue weighted by Gasteiger charge is -2.39. The van der Waals surface area contributed by atoms with E-state index in [0.29, 0.717) is 47.3 Å². The molecule has 4 rings (SSSR count). The second-order valence-corrected chi connectivity index (χ2v) is 9.48. The second kappa shape index (κ2) is 12.0. The predicted molar refractivity (Wildman–Crippen MR) is 142 cm³/mol. The Bertz CT molecular complexity index is 1260. The number of benzene rings is 2. The average molecular weight is 503 g/mol. The molecule has 0 spiro atoms. The Morgan fingerprint density at radius 2 is 1.84 bits per heavy atom. The van der Waals surface area contributed by atoms with Crippen LogP contribution in [0.15, 0.2) is 60.8 Å². The summed E-state index contributed by atoms with van der Waals surface area (Å²) in [5, 5.41) is 0.679. The summed E-state index contributed by atoms with van der Waals surface area (Å²) in [6.45, 7) is 5.25. The summed E-state index contributed by atoms with van der Waals surface area (Å²) < 4.78 is 10.7. The summed E-state index contributed by atoms with van der Waals surface area (Å²) in [5.74, 6) is -0.690. The molecule has 1 fully saturated rings. The first-order chi connectivity index (χ1) is 18.0. The maximum absolute atomic E-state index is 13.8. The number of hydrogen-bond donors (Lipinski definition) is 0. The van der Waals surface area contributed by atoms with Crippen molar-refractivity contribution in [3.63, 3.8) is 0 Å². The van der Waals surface area contributed by atoms with Crippen LogP contribution in [-0.2, 0) is 9.53 Å². The van der Waals surface area contributed by atoms with Gasteiger partial charge in [0, 0.05) is 41.9 Å². The van der Waals surface area contributed by atoms with Crippen LogP contribution < -0.4 is 4.74 Å². The summed E-state index contributed by atoms with van der Waals surface area (Å²) in [6, 6.07) is 16.3. The molecular formula is C30H34N2O5. The van der Waals surface area contributed by atoms with Crippen LogP contribution >= 0.6 is 0 Å². The van der Waals surface area contributed by atoms with Gasteiger partial charge in [-0.25, -0.2) is 0 Å². The van der Waals surface area contributed by atoms with E-state index in [9.17, 15) is 14.4 Å². The van der Waals surface area contributed by atoms with Gasteiger partial charge >= 0.3 is 5.97 Å². The number of fused-ring (bicyclic) bond motifs is 1. The number of esters is 1. The third-order valence-corrected chi connectivity index (χ3v) is 7.37. The largest absolute Gasteiger partial charge is 0.497 e. The quantitative estimate of drug-likeness (QED) is 0.228. The van der Waals surface area contributed by atoms with Crippen molar-refractivity contribution in [3.8, 4) is 5.75 Å². The molecule has 0 N–H and O–H groups in total. The molecule has 37 heavy (non-hydrogen) atoms. The van der Waals surface area contributed by atoms with E-state index in [0.717, 1.165) is 12.8 Å². The third-order valence-electron chi connectivity index (χ3n) is 7.37. The molecular weight excluding hydrogens is 468 g/mol. The Kier molecular flexibility index (Phi) is 8.54. The highest BCUT2D eigenvalue weighted by molar-refractivity contribution is 6.14.